The molecule has 4 heterocycles. The van der Waals surface area contributed by atoms with E-state index in [4.69, 9.17) is 0 Å². The van der Waals surface area contributed by atoms with E-state index in [0.717, 1.165) is 75.5 Å². The normalized spacial score (nSPS) is 18.8. The van der Waals surface area contributed by atoms with Gasteiger partial charge in [0.1, 0.15) is 24.2 Å². The van der Waals surface area contributed by atoms with E-state index in [2.05, 4.69) is 58.8 Å². The first-order chi connectivity index (χ1) is 12.7. The van der Waals surface area contributed by atoms with Gasteiger partial charge in [-0.15, -0.1) is 0 Å². The van der Waals surface area contributed by atoms with Crippen LogP contribution in [0.4, 0.5) is 17.6 Å². The van der Waals surface area contributed by atoms with Gasteiger partial charge >= 0.3 is 5.95 Å². The predicted octanol–water partition coefficient (Wildman–Crippen LogP) is -0.341. The summed E-state index contributed by atoms with van der Waals surface area (Å²) in [5.74, 6) is 2.79. The van der Waals surface area contributed by atoms with E-state index in [9.17, 15) is 0 Å². The highest BCUT2D eigenvalue weighted by Gasteiger charge is 2.26. The zero-order chi connectivity index (χ0) is 17.9. The highest BCUT2D eigenvalue weighted by molar-refractivity contribution is 5.51. The lowest BCUT2D eigenvalue weighted by atomic mass is 10.3. The van der Waals surface area contributed by atoms with Gasteiger partial charge in [-0.1, -0.05) is 4.98 Å². The van der Waals surface area contributed by atoms with Crippen molar-refractivity contribution < 1.29 is 4.98 Å². The van der Waals surface area contributed by atoms with Crippen molar-refractivity contribution in [3.63, 3.8) is 0 Å². The largest absolute Gasteiger partial charge is 0.491 e. The van der Waals surface area contributed by atoms with Crippen LogP contribution in [0.15, 0.2) is 18.6 Å². The van der Waals surface area contributed by atoms with Crippen LogP contribution in [0.5, 0.6) is 0 Å². The van der Waals surface area contributed by atoms with Crippen LogP contribution >= 0.6 is 0 Å². The molecule has 2 fully saturated rings. The second kappa shape index (κ2) is 7.30. The molecule has 0 aromatic carbocycles. The summed E-state index contributed by atoms with van der Waals surface area (Å²) in [5.41, 5.74) is 0.963. The van der Waals surface area contributed by atoms with Crippen LogP contribution in [0.25, 0.3) is 0 Å². The minimum absolute atomic E-state index is 0.760. The molecular formula is C18H25N8+. The molecule has 4 rings (SSSR count). The summed E-state index contributed by atoms with van der Waals surface area (Å²) in [4.78, 5) is 26.9. The van der Waals surface area contributed by atoms with Crippen molar-refractivity contribution in [3.05, 3.63) is 30.4 Å². The first-order valence-electron chi connectivity index (χ1n) is 9.16. The third-order valence-electron chi connectivity index (χ3n) is 5.06. The smallest absolute Gasteiger partial charge is 0.354 e. The summed E-state index contributed by atoms with van der Waals surface area (Å²) in [6.07, 6.45) is 6.50. The highest BCUT2D eigenvalue weighted by Crippen LogP contribution is 2.20. The SMILES string of the molecule is Cc1c#[n+]c(N2CCN(c3cc(N4CCN(C)CC4)ncn3)CC2)nc1. The van der Waals surface area contributed by atoms with Crippen molar-refractivity contribution in [1.29, 1.82) is 0 Å². The summed E-state index contributed by atoms with van der Waals surface area (Å²) in [5, 5.41) is 0. The van der Waals surface area contributed by atoms with Crippen molar-refractivity contribution in [3.8, 4) is 0 Å². The Balaban J connectivity index is 1.40. The average molecular weight is 353 g/mol. The molecule has 8 nitrogen and oxygen atoms in total. The Hall–Kier alpha value is -2.66. The first-order valence-corrected chi connectivity index (χ1v) is 9.16. The van der Waals surface area contributed by atoms with Crippen LogP contribution in [0.3, 0.4) is 0 Å². The van der Waals surface area contributed by atoms with Crippen molar-refractivity contribution in [1.82, 2.24) is 19.9 Å². The molecule has 2 aromatic rings. The maximum atomic E-state index is 4.50. The van der Waals surface area contributed by atoms with E-state index in [1.165, 1.54) is 0 Å². The number of likely N-dealkylation sites (N-methyl/N-ethyl adjacent to an activating group) is 1. The third kappa shape index (κ3) is 3.63. The molecule has 0 atom stereocenters. The van der Waals surface area contributed by atoms with Gasteiger partial charge in [0, 0.05) is 32.2 Å². The van der Waals surface area contributed by atoms with Crippen LogP contribution in [0, 0.1) is 13.1 Å². The fourth-order valence-corrected chi connectivity index (χ4v) is 3.36. The van der Waals surface area contributed by atoms with E-state index in [1.54, 1.807) is 6.33 Å². The monoisotopic (exact) mass is 353 g/mol. The lowest BCUT2D eigenvalue weighted by Crippen LogP contribution is -2.48. The number of rotatable bonds is 3. The Morgan fingerprint density at radius 1 is 0.846 bits per heavy atom. The van der Waals surface area contributed by atoms with E-state index in [-0.39, 0.29) is 0 Å². The van der Waals surface area contributed by atoms with Gasteiger partial charge in [0.05, 0.1) is 31.7 Å². The van der Waals surface area contributed by atoms with Crippen LogP contribution < -0.4 is 19.7 Å². The lowest BCUT2D eigenvalue weighted by molar-refractivity contribution is -0.285. The molecule has 2 aromatic heterocycles. The van der Waals surface area contributed by atoms with Crippen molar-refractivity contribution in [2.24, 2.45) is 0 Å². The van der Waals surface area contributed by atoms with E-state index in [1.807, 2.05) is 13.1 Å². The summed E-state index contributed by atoms with van der Waals surface area (Å²) < 4.78 is 0. The zero-order valence-corrected chi connectivity index (χ0v) is 15.5. The molecule has 0 saturated carbocycles. The molecule has 2 aliphatic heterocycles. The van der Waals surface area contributed by atoms with Gasteiger partial charge in [-0.3, -0.25) is 0 Å². The Labute approximate surface area is 154 Å². The Kier molecular flexibility index (Phi) is 4.71. The molecule has 2 aliphatic rings. The molecule has 26 heavy (non-hydrogen) atoms. The van der Waals surface area contributed by atoms with Crippen molar-refractivity contribution >= 4 is 17.6 Å². The third-order valence-corrected chi connectivity index (χ3v) is 5.06. The zero-order valence-electron chi connectivity index (χ0n) is 15.5. The Morgan fingerprint density at radius 3 is 2.00 bits per heavy atom. The predicted molar refractivity (Wildman–Crippen MR) is 99.6 cm³/mol. The van der Waals surface area contributed by atoms with Crippen LogP contribution in [-0.2, 0) is 0 Å². The van der Waals surface area contributed by atoms with Crippen LogP contribution in [-0.4, -0.2) is 79.3 Å². The number of aromatic nitrogens is 4. The van der Waals surface area contributed by atoms with Gasteiger partial charge in [0.2, 0.25) is 0 Å². The molecule has 136 valence electrons. The fraction of sp³-hybridized carbons (Fsp3) is 0.556. The molecule has 0 spiro atoms. The van der Waals surface area contributed by atoms with E-state index < -0.39 is 0 Å². The molecule has 0 N–H and O–H groups in total. The summed E-state index contributed by atoms with van der Waals surface area (Å²) in [7, 11) is 2.16. The van der Waals surface area contributed by atoms with Gasteiger partial charge in [-0.05, 0) is 14.0 Å². The second-order valence-corrected chi connectivity index (χ2v) is 6.96. The number of piperazine rings is 2. The summed E-state index contributed by atoms with van der Waals surface area (Å²) in [6.45, 7) is 9.69. The molecule has 0 aliphatic carbocycles. The van der Waals surface area contributed by atoms with E-state index >= 15 is 0 Å². The number of hydrogen-bond donors (Lipinski definition) is 0. The number of anilines is 3. The van der Waals surface area contributed by atoms with Crippen molar-refractivity contribution in [2.45, 2.75) is 6.92 Å². The molecule has 0 bridgehead atoms. The van der Waals surface area contributed by atoms with Gasteiger partial charge < -0.3 is 14.7 Å². The van der Waals surface area contributed by atoms with E-state index in [0.29, 0.717) is 0 Å². The highest BCUT2D eigenvalue weighted by atomic mass is 15.3. The maximum Gasteiger partial charge on any atom is 0.491 e. The lowest BCUT2D eigenvalue weighted by Gasteiger charge is -2.34. The van der Waals surface area contributed by atoms with Gasteiger partial charge in [-0.25, -0.2) is 14.9 Å². The Bertz CT molecular complexity index is 718. The van der Waals surface area contributed by atoms with Crippen molar-refractivity contribution in [2.75, 3.05) is 74.1 Å². The standard InChI is InChI=1S/C18H25N8/c1-15-12-19-18(20-13-15)26-9-7-25(8-10-26)17-11-16(21-14-22-17)24-5-3-23(2)4-6-24/h11-12,14H,3-10H2,1-2H3/q+1. The summed E-state index contributed by atoms with van der Waals surface area (Å²) in [6, 6.07) is 2.12. The molecular weight excluding hydrogens is 328 g/mol. The second-order valence-electron chi connectivity index (χ2n) is 6.96. The molecule has 2 saturated heterocycles. The average Bonchev–Trinajstić information content (AvgIpc) is 2.69. The van der Waals surface area contributed by atoms with Gasteiger partial charge in [0.15, 0.2) is 6.20 Å². The minimum Gasteiger partial charge on any atom is -0.354 e. The van der Waals surface area contributed by atoms with Gasteiger partial charge in [0.25, 0.3) is 0 Å². The number of aryl methyl sites for hydroxylation is 1. The Morgan fingerprint density at radius 2 is 1.42 bits per heavy atom. The quantitative estimate of drug-likeness (QED) is 0.743. The topological polar surface area (TPSA) is 65.7 Å². The fourth-order valence-electron chi connectivity index (χ4n) is 3.36. The molecule has 8 heteroatoms. The first kappa shape index (κ1) is 16.8. The molecule has 0 radical (unpaired) electrons. The van der Waals surface area contributed by atoms with Crippen LogP contribution in [0.1, 0.15) is 5.56 Å². The molecule has 0 amide bonds. The molecule has 0 unspecified atom stereocenters. The minimum atomic E-state index is 0.760. The summed E-state index contributed by atoms with van der Waals surface area (Å²) >= 11 is 0. The number of hydrogen-bond acceptors (Lipinski definition) is 7. The maximum absolute atomic E-state index is 4.50. The van der Waals surface area contributed by atoms with Gasteiger partial charge in [-0.2, -0.15) is 4.98 Å². The number of nitrogens with zero attached hydrogens (tertiary/aromatic N) is 8. The van der Waals surface area contributed by atoms with Crippen LogP contribution in [0.2, 0.25) is 0 Å².